The molecule has 2 aliphatic heterocycles. The largest absolute Gasteiger partial charge is 0.497 e. The second kappa shape index (κ2) is 10.7. The van der Waals surface area contributed by atoms with E-state index in [1.165, 1.54) is 19.3 Å². The van der Waals surface area contributed by atoms with Crippen LogP contribution in [-0.2, 0) is 4.79 Å². The molecule has 3 aliphatic rings. The molecule has 1 saturated carbocycles. The van der Waals surface area contributed by atoms with Crippen LogP contribution in [0.25, 0.3) is 0 Å². The number of hydrogen-bond acceptors (Lipinski definition) is 7. The lowest BCUT2D eigenvalue weighted by Crippen LogP contribution is -2.49. The van der Waals surface area contributed by atoms with Crippen molar-refractivity contribution in [2.24, 2.45) is 5.92 Å². The number of piperidine rings is 1. The quantitative estimate of drug-likeness (QED) is 0.538. The number of benzene rings is 2. The summed E-state index contributed by atoms with van der Waals surface area (Å²) in [5.74, 6) is 3.33. The van der Waals surface area contributed by atoms with Crippen molar-refractivity contribution in [3.63, 3.8) is 0 Å². The van der Waals surface area contributed by atoms with Crippen LogP contribution in [0.3, 0.4) is 0 Å². The molecule has 35 heavy (non-hydrogen) atoms. The summed E-state index contributed by atoms with van der Waals surface area (Å²) in [5.41, 5.74) is 0.707. The van der Waals surface area contributed by atoms with Crippen molar-refractivity contribution < 1.29 is 28.8 Å². The van der Waals surface area contributed by atoms with Crippen molar-refractivity contribution >= 4 is 5.91 Å². The zero-order chi connectivity index (χ0) is 24.2. The first-order valence-electron chi connectivity index (χ1n) is 12.5. The van der Waals surface area contributed by atoms with Gasteiger partial charge in [-0.05, 0) is 67.1 Å². The molecule has 8 nitrogen and oxygen atoms in total. The van der Waals surface area contributed by atoms with Crippen LogP contribution < -0.4 is 24.3 Å². The van der Waals surface area contributed by atoms with E-state index in [1.807, 2.05) is 42.5 Å². The standard InChI is InChI=1S/C27H34N2O6/c1-32-21-5-7-22(8-6-21)33-11-10-26(30)28-23(17-29-16-18-2-4-20(29)14-18)27(31)19-3-9-24-25(15-19)35-13-12-34-24/h3,5-9,15,18,20,23,27,31H,2,4,10-14,16-17H2,1H3,(H,28,30)/t18?,20?,23-,27-/m1/s1. The van der Waals surface area contributed by atoms with Gasteiger partial charge in [0.15, 0.2) is 11.5 Å². The summed E-state index contributed by atoms with van der Waals surface area (Å²) >= 11 is 0. The molecule has 2 bridgehead atoms. The maximum Gasteiger partial charge on any atom is 0.223 e. The molecule has 2 fully saturated rings. The number of rotatable bonds is 10. The van der Waals surface area contributed by atoms with Gasteiger partial charge in [0, 0.05) is 19.1 Å². The summed E-state index contributed by atoms with van der Waals surface area (Å²) in [6.07, 6.45) is 3.03. The molecule has 0 radical (unpaired) electrons. The molecule has 188 valence electrons. The number of fused-ring (bicyclic) bond motifs is 3. The van der Waals surface area contributed by atoms with E-state index < -0.39 is 12.1 Å². The van der Waals surface area contributed by atoms with Crippen molar-refractivity contribution in [3.8, 4) is 23.0 Å². The van der Waals surface area contributed by atoms with Crippen LogP contribution in [0.5, 0.6) is 23.0 Å². The molecular weight excluding hydrogens is 448 g/mol. The van der Waals surface area contributed by atoms with Crippen molar-refractivity contribution in [1.29, 1.82) is 0 Å². The van der Waals surface area contributed by atoms with E-state index >= 15 is 0 Å². The van der Waals surface area contributed by atoms with E-state index in [0.29, 0.717) is 48.6 Å². The van der Waals surface area contributed by atoms with Gasteiger partial charge in [-0.3, -0.25) is 9.69 Å². The Bertz CT molecular complexity index is 1010. The fraction of sp³-hybridized carbons (Fsp3) is 0.519. The summed E-state index contributed by atoms with van der Waals surface area (Å²) in [6.45, 7) is 2.90. The summed E-state index contributed by atoms with van der Waals surface area (Å²) in [4.78, 5) is 15.3. The molecule has 8 heteroatoms. The Hall–Kier alpha value is -2.97. The topological polar surface area (TPSA) is 89.5 Å². The molecule has 2 aromatic rings. The van der Waals surface area contributed by atoms with Crippen LogP contribution in [0.4, 0.5) is 0 Å². The lowest BCUT2D eigenvalue weighted by Gasteiger charge is -2.33. The molecule has 1 amide bonds. The smallest absolute Gasteiger partial charge is 0.223 e. The highest BCUT2D eigenvalue weighted by Crippen LogP contribution is 2.38. The number of carbonyl (C=O) groups is 1. The SMILES string of the molecule is COc1ccc(OCCC(=O)N[C@H](CN2CC3CCC2C3)[C@H](O)c2ccc3c(c2)OCCO3)cc1. The number of methoxy groups -OCH3 is 1. The molecule has 0 aromatic heterocycles. The molecular formula is C27H34N2O6. The molecule has 0 spiro atoms. The summed E-state index contributed by atoms with van der Waals surface area (Å²) in [6, 6.07) is 12.9. The second-order valence-corrected chi connectivity index (χ2v) is 9.58. The van der Waals surface area contributed by atoms with Gasteiger partial charge in [0.2, 0.25) is 5.91 Å². The minimum atomic E-state index is -0.864. The number of ether oxygens (including phenoxy) is 4. The molecule has 1 saturated heterocycles. The van der Waals surface area contributed by atoms with E-state index in [4.69, 9.17) is 18.9 Å². The Kier molecular flexibility index (Phi) is 7.29. The third-order valence-electron chi connectivity index (χ3n) is 7.25. The highest BCUT2D eigenvalue weighted by Gasteiger charge is 2.39. The first kappa shape index (κ1) is 23.8. The van der Waals surface area contributed by atoms with Gasteiger partial charge >= 0.3 is 0 Å². The van der Waals surface area contributed by atoms with E-state index in [1.54, 1.807) is 7.11 Å². The van der Waals surface area contributed by atoms with Crippen LogP contribution >= 0.6 is 0 Å². The maximum atomic E-state index is 12.9. The minimum absolute atomic E-state index is 0.149. The Morgan fingerprint density at radius 3 is 2.60 bits per heavy atom. The average Bonchev–Trinajstić information content (AvgIpc) is 3.51. The van der Waals surface area contributed by atoms with Crippen LogP contribution in [0.15, 0.2) is 42.5 Å². The van der Waals surface area contributed by atoms with Crippen molar-refractivity contribution in [2.75, 3.05) is 40.0 Å². The number of aliphatic hydroxyl groups excluding tert-OH is 1. The Morgan fingerprint density at radius 2 is 1.89 bits per heavy atom. The van der Waals surface area contributed by atoms with Gasteiger partial charge < -0.3 is 29.4 Å². The first-order valence-corrected chi connectivity index (χ1v) is 12.5. The zero-order valence-corrected chi connectivity index (χ0v) is 20.2. The van der Waals surface area contributed by atoms with Gasteiger partial charge in [0.05, 0.1) is 26.2 Å². The fourth-order valence-electron chi connectivity index (χ4n) is 5.42. The van der Waals surface area contributed by atoms with E-state index in [-0.39, 0.29) is 18.9 Å². The number of nitrogens with one attached hydrogen (secondary N) is 1. The molecule has 4 atom stereocenters. The number of likely N-dealkylation sites (tertiary alicyclic amines) is 1. The number of amides is 1. The minimum Gasteiger partial charge on any atom is -0.497 e. The maximum absolute atomic E-state index is 12.9. The molecule has 2 unspecified atom stereocenters. The summed E-state index contributed by atoms with van der Waals surface area (Å²) in [7, 11) is 1.61. The molecule has 5 rings (SSSR count). The molecule has 2 aromatic carbocycles. The monoisotopic (exact) mass is 482 g/mol. The Balaban J connectivity index is 1.22. The van der Waals surface area contributed by atoms with Crippen molar-refractivity contribution in [3.05, 3.63) is 48.0 Å². The summed E-state index contributed by atoms with van der Waals surface area (Å²) in [5, 5.41) is 14.4. The van der Waals surface area contributed by atoms with Gasteiger partial charge in [-0.25, -0.2) is 0 Å². The van der Waals surface area contributed by atoms with E-state index in [0.717, 1.165) is 18.2 Å². The fourth-order valence-corrected chi connectivity index (χ4v) is 5.42. The number of hydrogen-bond donors (Lipinski definition) is 2. The Labute approximate surface area is 206 Å². The van der Waals surface area contributed by atoms with Crippen molar-refractivity contribution in [2.45, 2.75) is 43.9 Å². The van der Waals surface area contributed by atoms with Crippen LogP contribution in [0.1, 0.15) is 37.4 Å². The van der Waals surface area contributed by atoms with E-state index in [2.05, 4.69) is 10.2 Å². The van der Waals surface area contributed by atoms with Crippen LogP contribution in [-0.4, -0.2) is 68.0 Å². The van der Waals surface area contributed by atoms with Gasteiger partial charge in [0.25, 0.3) is 0 Å². The third kappa shape index (κ3) is 5.65. The van der Waals surface area contributed by atoms with Gasteiger partial charge in [0.1, 0.15) is 30.8 Å². The zero-order valence-electron chi connectivity index (χ0n) is 20.2. The molecule has 2 N–H and O–H groups in total. The van der Waals surface area contributed by atoms with E-state index in [9.17, 15) is 9.90 Å². The normalized spacial score (nSPS) is 22.5. The average molecular weight is 483 g/mol. The lowest BCUT2D eigenvalue weighted by atomic mass is 9.99. The van der Waals surface area contributed by atoms with Crippen molar-refractivity contribution in [1.82, 2.24) is 10.2 Å². The van der Waals surface area contributed by atoms with Crippen LogP contribution in [0.2, 0.25) is 0 Å². The van der Waals surface area contributed by atoms with Gasteiger partial charge in [-0.15, -0.1) is 0 Å². The van der Waals surface area contributed by atoms with Crippen LogP contribution in [0, 0.1) is 5.92 Å². The number of nitrogens with zero attached hydrogens (tertiary/aromatic N) is 1. The second-order valence-electron chi connectivity index (χ2n) is 9.58. The number of aliphatic hydroxyl groups is 1. The highest BCUT2D eigenvalue weighted by molar-refractivity contribution is 5.76. The predicted molar refractivity (Wildman–Crippen MR) is 130 cm³/mol. The molecule has 1 aliphatic carbocycles. The number of carbonyl (C=O) groups excluding carboxylic acids is 1. The van der Waals surface area contributed by atoms with Gasteiger partial charge in [-0.2, -0.15) is 0 Å². The van der Waals surface area contributed by atoms with Gasteiger partial charge in [-0.1, -0.05) is 6.07 Å². The lowest BCUT2D eigenvalue weighted by molar-refractivity contribution is -0.123. The molecule has 2 heterocycles. The first-order chi connectivity index (χ1) is 17.1. The predicted octanol–water partition coefficient (Wildman–Crippen LogP) is 2.94. The highest BCUT2D eigenvalue weighted by atomic mass is 16.6. The summed E-state index contributed by atoms with van der Waals surface area (Å²) < 4.78 is 22.2. The third-order valence-corrected chi connectivity index (χ3v) is 7.25. The Morgan fingerprint density at radius 1 is 1.11 bits per heavy atom.